The number of piperidine rings is 2. The van der Waals surface area contributed by atoms with E-state index in [2.05, 4.69) is 15.3 Å². The number of benzene rings is 1. The summed E-state index contributed by atoms with van der Waals surface area (Å²) in [6.07, 6.45) is 3.77. The molecule has 0 spiro atoms. The van der Waals surface area contributed by atoms with Crippen LogP contribution < -0.4 is 5.32 Å². The maximum atomic E-state index is 16.2. The lowest BCUT2D eigenvalue weighted by Gasteiger charge is -2.54. The number of carbonyl (C=O) groups excluding carboxylic acids is 3. The Bertz CT molecular complexity index is 1260. The third-order valence-corrected chi connectivity index (χ3v) is 8.95. The van der Waals surface area contributed by atoms with Crippen molar-refractivity contribution in [2.45, 2.75) is 70.7 Å². The fourth-order valence-electron chi connectivity index (χ4n) is 6.55. The van der Waals surface area contributed by atoms with E-state index in [1.165, 1.54) is 4.90 Å². The van der Waals surface area contributed by atoms with Crippen molar-refractivity contribution in [3.05, 3.63) is 52.6 Å². The molecule has 2 aromatic rings. The molecule has 0 radical (unpaired) electrons. The Balaban J connectivity index is 1.45. The number of carbonyl (C=O) groups is 3. The molecule has 3 aliphatic rings. The molecule has 0 saturated carbocycles. The number of nitrogens with one attached hydrogen (secondary N) is 1. The standard InChI is InChI=1S/C27H34FN5O4/c1-4-26(5-2)16-32(14-17-10-12-29-31(17)3)13-11-27(26,37)20-7-6-18-19(23(20)28)15-33(25(18)36)21-8-9-22(34)30-24(21)35/h6-7,10,12,21,37H,4-5,8-9,11,13-16H2,1-3H3,(H,30,34,35)/t21?,27-/m1/s1. The topological polar surface area (TPSA) is 108 Å². The fourth-order valence-corrected chi connectivity index (χ4v) is 6.55. The summed E-state index contributed by atoms with van der Waals surface area (Å²) in [5.41, 5.74) is -0.301. The molecule has 10 heteroatoms. The Labute approximate surface area is 215 Å². The third-order valence-electron chi connectivity index (χ3n) is 8.95. The van der Waals surface area contributed by atoms with Crippen LogP contribution in [0, 0.1) is 11.2 Å². The maximum Gasteiger partial charge on any atom is 0.255 e. The second kappa shape index (κ2) is 9.33. The number of amides is 3. The minimum absolute atomic E-state index is 0.0614. The zero-order chi connectivity index (χ0) is 26.5. The summed E-state index contributed by atoms with van der Waals surface area (Å²) >= 11 is 0. The molecule has 3 aliphatic heterocycles. The first-order valence-electron chi connectivity index (χ1n) is 13.0. The van der Waals surface area contributed by atoms with E-state index in [9.17, 15) is 19.5 Å². The third kappa shape index (κ3) is 3.97. The SMILES string of the molecule is CCC1(CC)CN(Cc2ccnn2C)CC[C@@]1(O)c1ccc2c(c1F)CN(C1CCC(=O)NC1=O)C2=O. The van der Waals surface area contributed by atoms with Crippen LogP contribution in [0.2, 0.25) is 0 Å². The first-order valence-corrected chi connectivity index (χ1v) is 13.0. The van der Waals surface area contributed by atoms with Gasteiger partial charge in [0.05, 0.1) is 12.2 Å². The van der Waals surface area contributed by atoms with Crippen molar-refractivity contribution in [2.24, 2.45) is 12.5 Å². The molecule has 37 heavy (non-hydrogen) atoms. The van der Waals surface area contributed by atoms with Crippen LogP contribution in [0.25, 0.3) is 0 Å². The normalized spacial score (nSPS) is 25.9. The highest BCUT2D eigenvalue weighted by atomic mass is 19.1. The van der Waals surface area contributed by atoms with Gasteiger partial charge >= 0.3 is 0 Å². The van der Waals surface area contributed by atoms with Gasteiger partial charge < -0.3 is 10.0 Å². The van der Waals surface area contributed by atoms with Crippen LogP contribution in [0.4, 0.5) is 4.39 Å². The van der Waals surface area contributed by atoms with E-state index < -0.39 is 34.7 Å². The molecule has 1 unspecified atom stereocenters. The van der Waals surface area contributed by atoms with E-state index in [0.717, 1.165) is 5.69 Å². The number of rotatable bonds is 6. The number of aromatic nitrogens is 2. The van der Waals surface area contributed by atoms with E-state index >= 15 is 4.39 Å². The molecule has 5 rings (SSSR count). The molecule has 1 aromatic heterocycles. The van der Waals surface area contributed by atoms with Crippen LogP contribution in [0.1, 0.15) is 73.1 Å². The average Bonchev–Trinajstić information content (AvgIpc) is 3.43. The first kappa shape index (κ1) is 25.5. The lowest BCUT2D eigenvalue weighted by Crippen LogP contribution is -2.58. The summed E-state index contributed by atoms with van der Waals surface area (Å²) < 4.78 is 18.1. The molecule has 198 valence electrons. The number of hydrogen-bond donors (Lipinski definition) is 2. The van der Waals surface area contributed by atoms with E-state index in [0.29, 0.717) is 38.9 Å². The highest BCUT2D eigenvalue weighted by Crippen LogP contribution is 2.52. The van der Waals surface area contributed by atoms with E-state index in [1.807, 2.05) is 31.6 Å². The largest absolute Gasteiger partial charge is 0.384 e. The van der Waals surface area contributed by atoms with Gasteiger partial charge in [-0.2, -0.15) is 5.10 Å². The number of likely N-dealkylation sites (tertiary alicyclic amines) is 1. The predicted molar refractivity (Wildman–Crippen MR) is 132 cm³/mol. The molecule has 4 heterocycles. The van der Waals surface area contributed by atoms with Gasteiger partial charge in [0.25, 0.3) is 5.91 Å². The number of halogens is 1. The van der Waals surface area contributed by atoms with Crippen molar-refractivity contribution in [3.63, 3.8) is 0 Å². The molecule has 2 fully saturated rings. The monoisotopic (exact) mass is 511 g/mol. The molecule has 2 saturated heterocycles. The Morgan fingerprint density at radius 1 is 1.19 bits per heavy atom. The van der Waals surface area contributed by atoms with Gasteiger partial charge in [0.2, 0.25) is 11.8 Å². The summed E-state index contributed by atoms with van der Waals surface area (Å²) in [4.78, 5) is 40.7. The van der Waals surface area contributed by atoms with Gasteiger partial charge in [-0.3, -0.25) is 29.3 Å². The minimum atomic E-state index is -1.41. The number of nitrogens with zero attached hydrogens (tertiary/aromatic N) is 4. The van der Waals surface area contributed by atoms with Crippen molar-refractivity contribution in [1.82, 2.24) is 24.9 Å². The number of hydrogen-bond acceptors (Lipinski definition) is 6. The highest BCUT2D eigenvalue weighted by molar-refractivity contribution is 6.05. The van der Waals surface area contributed by atoms with E-state index in [4.69, 9.17) is 0 Å². The lowest BCUT2D eigenvalue weighted by molar-refractivity contribution is -0.150. The Morgan fingerprint density at radius 2 is 1.95 bits per heavy atom. The van der Waals surface area contributed by atoms with Gasteiger partial charge in [-0.1, -0.05) is 19.9 Å². The van der Waals surface area contributed by atoms with Gasteiger partial charge in [0, 0.05) is 61.4 Å². The smallest absolute Gasteiger partial charge is 0.255 e. The van der Waals surface area contributed by atoms with Crippen LogP contribution in [-0.4, -0.2) is 61.5 Å². The number of aryl methyl sites for hydroxylation is 1. The molecule has 3 amide bonds. The number of imide groups is 1. The van der Waals surface area contributed by atoms with Crippen LogP contribution >= 0.6 is 0 Å². The van der Waals surface area contributed by atoms with Crippen molar-refractivity contribution >= 4 is 17.7 Å². The van der Waals surface area contributed by atoms with Gasteiger partial charge in [0.15, 0.2) is 0 Å². The second-order valence-electron chi connectivity index (χ2n) is 10.6. The van der Waals surface area contributed by atoms with Crippen LogP contribution in [0.15, 0.2) is 24.4 Å². The van der Waals surface area contributed by atoms with Crippen molar-refractivity contribution in [3.8, 4) is 0 Å². The summed E-state index contributed by atoms with van der Waals surface area (Å²) in [5.74, 6) is -1.90. The molecule has 1 aromatic carbocycles. The van der Waals surface area contributed by atoms with Crippen molar-refractivity contribution < 1.29 is 23.9 Å². The zero-order valence-electron chi connectivity index (χ0n) is 21.6. The van der Waals surface area contributed by atoms with E-state index in [1.54, 1.807) is 18.3 Å². The first-order chi connectivity index (χ1) is 17.6. The number of aliphatic hydroxyl groups is 1. The highest BCUT2D eigenvalue weighted by Gasteiger charge is 2.54. The Morgan fingerprint density at radius 3 is 2.59 bits per heavy atom. The molecular formula is C27H34FN5O4. The number of fused-ring (bicyclic) bond motifs is 1. The van der Waals surface area contributed by atoms with Gasteiger partial charge in [-0.15, -0.1) is 0 Å². The molecule has 2 atom stereocenters. The minimum Gasteiger partial charge on any atom is -0.384 e. The van der Waals surface area contributed by atoms with Crippen LogP contribution in [0.3, 0.4) is 0 Å². The van der Waals surface area contributed by atoms with Gasteiger partial charge in [-0.25, -0.2) is 4.39 Å². The van der Waals surface area contributed by atoms with Crippen molar-refractivity contribution in [1.29, 1.82) is 0 Å². The predicted octanol–water partition coefficient (Wildman–Crippen LogP) is 2.22. The maximum absolute atomic E-state index is 16.2. The molecular weight excluding hydrogens is 477 g/mol. The van der Waals surface area contributed by atoms with E-state index in [-0.39, 0.29) is 42.0 Å². The summed E-state index contributed by atoms with van der Waals surface area (Å²) in [6.45, 7) is 5.87. The van der Waals surface area contributed by atoms with Crippen molar-refractivity contribution in [2.75, 3.05) is 13.1 Å². The van der Waals surface area contributed by atoms with Crippen LogP contribution in [-0.2, 0) is 35.3 Å². The van der Waals surface area contributed by atoms with Gasteiger partial charge in [-0.05, 0) is 37.8 Å². The fraction of sp³-hybridized carbons (Fsp3) is 0.556. The summed E-state index contributed by atoms with van der Waals surface area (Å²) in [5, 5.41) is 18.8. The quantitative estimate of drug-likeness (QED) is 0.576. The second-order valence-corrected chi connectivity index (χ2v) is 10.6. The zero-order valence-corrected chi connectivity index (χ0v) is 21.6. The molecule has 0 aliphatic carbocycles. The van der Waals surface area contributed by atoms with Gasteiger partial charge in [0.1, 0.15) is 17.5 Å². The molecule has 9 nitrogen and oxygen atoms in total. The Kier molecular flexibility index (Phi) is 6.44. The average molecular weight is 512 g/mol. The molecule has 0 bridgehead atoms. The lowest BCUT2D eigenvalue weighted by atomic mass is 9.61. The van der Waals surface area contributed by atoms with Crippen LogP contribution in [0.5, 0.6) is 0 Å². The summed E-state index contributed by atoms with van der Waals surface area (Å²) in [6, 6.07) is 4.30. The molecule has 2 N–H and O–H groups in total. The Hall–Kier alpha value is -3.11. The summed E-state index contributed by atoms with van der Waals surface area (Å²) in [7, 11) is 1.90.